The molecule has 3 heteroatoms. The van der Waals surface area contributed by atoms with Gasteiger partial charge >= 0.3 is 0 Å². The molecule has 2 rings (SSSR count). The fourth-order valence-electron chi connectivity index (χ4n) is 1.73. The lowest BCUT2D eigenvalue weighted by atomic mass is 10.0. The molecule has 1 N–H and O–H groups in total. The molecule has 1 aromatic heterocycles. The molecule has 0 aromatic carbocycles. The van der Waals surface area contributed by atoms with Crippen LogP contribution in [0.15, 0.2) is 6.07 Å². The van der Waals surface area contributed by atoms with E-state index in [1.807, 2.05) is 19.9 Å². The maximum absolute atomic E-state index is 10.0. The fourth-order valence-corrected chi connectivity index (χ4v) is 1.73. The van der Waals surface area contributed by atoms with Crippen LogP contribution >= 0.6 is 0 Å². The predicted molar refractivity (Wildman–Crippen MR) is 53.8 cm³/mol. The third-order valence-electron chi connectivity index (χ3n) is 2.75. The summed E-state index contributed by atoms with van der Waals surface area (Å²) < 4.78 is 0. The molecule has 1 fully saturated rings. The van der Waals surface area contributed by atoms with E-state index < -0.39 is 0 Å². The van der Waals surface area contributed by atoms with Gasteiger partial charge in [0.2, 0.25) is 0 Å². The molecule has 1 unspecified atom stereocenters. The minimum Gasteiger partial charge on any atom is -0.388 e. The molecule has 1 aromatic rings. The number of hydrogen-bond donors (Lipinski definition) is 1. The Bertz CT molecular complexity index is 334. The van der Waals surface area contributed by atoms with Crippen molar-refractivity contribution in [1.82, 2.24) is 10.2 Å². The molecule has 0 bridgehead atoms. The Morgan fingerprint density at radius 3 is 2.79 bits per heavy atom. The molecule has 1 atom stereocenters. The number of rotatable bonds is 3. The van der Waals surface area contributed by atoms with Crippen LogP contribution in [0, 0.1) is 12.8 Å². The molecule has 0 spiro atoms. The average molecular weight is 192 g/mol. The zero-order chi connectivity index (χ0) is 10.1. The molecule has 0 aliphatic heterocycles. The Hall–Kier alpha value is -0.960. The molecule has 1 heterocycles. The topological polar surface area (TPSA) is 46.0 Å². The normalized spacial score (nSPS) is 18.2. The van der Waals surface area contributed by atoms with Crippen LogP contribution in [0.1, 0.15) is 42.8 Å². The van der Waals surface area contributed by atoms with Gasteiger partial charge in [0, 0.05) is 5.56 Å². The van der Waals surface area contributed by atoms with Gasteiger partial charge in [-0.3, -0.25) is 0 Å². The maximum atomic E-state index is 10.0. The minimum absolute atomic E-state index is 0.320. The van der Waals surface area contributed by atoms with Gasteiger partial charge in [0.15, 0.2) is 0 Å². The van der Waals surface area contributed by atoms with Crippen LogP contribution < -0.4 is 0 Å². The predicted octanol–water partition coefficient (Wildman–Crippen LogP) is 1.79. The summed E-state index contributed by atoms with van der Waals surface area (Å²) in [7, 11) is 0. The zero-order valence-electron chi connectivity index (χ0n) is 8.70. The van der Waals surface area contributed by atoms with Gasteiger partial charge < -0.3 is 5.11 Å². The van der Waals surface area contributed by atoms with Crippen molar-refractivity contribution >= 4 is 0 Å². The highest BCUT2D eigenvalue weighted by Gasteiger charge is 2.32. The van der Waals surface area contributed by atoms with Crippen molar-refractivity contribution in [2.45, 2.75) is 39.2 Å². The minimum atomic E-state index is -0.320. The molecule has 3 nitrogen and oxygen atoms in total. The first-order valence-electron chi connectivity index (χ1n) is 5.23. The first-order chi connectivity index (χ1) is 6.72. The standard InChI is InChI=1S/C11H16N2O/c1-3-10-9(6-7(2)12-13-10)11(14)8-4-5-8/h6,8,11,14H,3-5H2,1-2H3. The van der Waals surface area contributed by atoms with Crippen molar-refractivity contribution in [1.29, 1.82) is 0 Å². The van der Waals surface area contributed by atoms with Crippen LogP contribution in [0.5, 0.6) is 0 Å². The zero-order valence-corrected chi connectivity index (χ0v) is 8.70. The van der Waals surface area contributed by atoms with E-state index in [0.29, 0.717) is 5.92 Å². The number of aliphatic hydroxyl groups excluding tert-OH is 1. The van der Waals surface area contributed by atoms with Crippen molar-refractivity contribution in [2.75, 3.05) is 0 Å². The number of aromatic nitrogens is 2. The van der Waals surface area contributed by atoms with Crippen LogP contribution in [-0.2, 0) is 6.42 Å². The second-order valence-corrected chi connectivity index (χ2v) is 4.02. The van der Waals surface area contributed by atoms with Crippen molar-refractivity contribution in [3.63, 3.8) is 0 Å². The summed E-state index contributed by atoms with van der Waals surface area (Å²) in [6.45, 7) is 3.96. The largest absolute Gasteiger partial charge is 0.388 e. The smallest absolute Gasteiger partial charge is 0.0837 e. The lowest BCUT2D eigenvalue weighted by molar-refractivity contribution is 0.152. The van der Waals surface area contributed by atoms with Crippen LogP contribution in [0.4, 0.5) is 0 Å². The van der Waals surface area contributed by atoms with E-state index in [2.05, 4.69) is 10.2 Å². The summed E-state index contributed by atoms with van der Waals surface area (Å²) in [4.78, 5) is 0. The number of hydrogen-bond acceptors (Lipinski definition) is 3. The van der Waals surface area contributed by atoms with Crippen LogP contribution in [0.2, 0.25) is 0 Å². The van der Waals surface area contributed by atoms with Gasteiger partial charge in [-0.1, -0.05) is 6.92 Å². The molecule has 1 aliphatic carbocycles. The molecular weight excluding hydrogens is 176 g/mol. The Morgan fingerprint density at radius 2 is 2.21 bits per heavy atom. The van der Waals surface area contributed by atoms with Crippen LogP contribution in [0.25, 0.3) is 0 Å². The van der Waals surface area contributed by atoms with E-state index in [0.717, 1.165) is 36.2 Å². The summed E-state index contributed by atoms with van der Waals surface area (Å²) >= 11 is 0. The monoisotopic (exact) mass is 192 g/mol. The Kier molecular flexibility index (Phi) is 2.50. The van der Waals surface area contributed by atoms with Crippen molar-refractivity contribution in [3.05, 3.63) is 23.0 Å². The Morgan fingerprint density at radius 1 is 1.50 bits per heavy atom. The van der Waals surface area contributed by atoms with E-state index in [1.54, 1.807) is 0 Å². The number of aliphatic hydroxyl groups is 1. The molecule has 0 amide bonds. The lowest BCUT2D eigenvalue weighted by Crippen LogP contribution is -2.07. The summed E-state index contributed by atoms with van der Waals surface area (Å²) in [5.74, 6) is 0.462. The highest BCUT2D eigenvalue weighted by molar-refractivity contribution is 5.24. The van der Waals surface area contributed by atoms with E-state index in [1.165, 1.54) is 0 Å². The number of aryl methyl sites for hydroxylation is 2. The van der Waals surface area contributed by atoms with Gasteiger partial charge in [-0.25, -0.2) is 0 Å². The van der Waals surface area contributed by atoms with E-state index in [4.69, 9.17) is 0 Å². The van der Waals surface area contributed by atoms with Gasteiger partial charge in [0.05, 0.1) is 17.5 Å². The van der Waals surface area contributed by atoms with Gasteiger partial charge in [0.25, 0.3) is 0 Å². The molecule has 0 saturated heterocycles. The van der Waals surface area contributed by atoms with Gasteiger partial charge in [-0.05, 0) is 38.2 Å². The van der Waals surface area contributed by atoms with Gasteiger partial charge in [-0.15, -0.1) is 0 Å². The van der Waals surface area contributed by atoms with E-state index >= 15 is 0 Å². The molecule has 14 heavy (non-hydrogen) atoms. The first-order valence-corrected chi connectivity index (χ1v) is 5.23. The van der Waals surface area contributed by atoms with Gasteiger partial charge in [0.1, 0.15) is 0 Å². The second kappa shape index (κ2) is 3.65. The van der Waals surface area contributed by atoms with E-state index in [9.17, 15) is 5.11 Å². The molecule has 1 saturated carbocycles. The highest BCUT2D eigenvalue weighted by atomic mass is 16.3. The summed E-state index contributed by atoms with van der Waals surface area (Å²) in [6, 6.07) is 1.97. The van der Waals surface area contributed by atoms with Crippen molar-refractivity contribution < 1.29 is 5.11 Å². The third-order valence-corrected chi connectivity index (χ3v) is 2.75. The molecular formula is C11H16N2O. The van der Waals surface area contributed by atoms with Crippen LogP contribution in [0.3, 0.4) is 0 Å². The SMILES string of the molecule is CCc1nnc(C)cc1C(O)C1CC1. The molecule has 0 radical (unpaired) electrons. The van der Waals surface area contributed by atoms with Crippen molar-refractivity contribution in [2.24, 2.45) is 5.92 Å². The van der Waals surface area contributed by atoms with E-state index in [-0.39, 0.29) is 6.10 Å². The summed E-state index contributed by atoms with van der Waals surface area (Å²) in [5.41, 5.74) is 2.81. The lowest BCUT2D eigenvalue weighted by Gasteiger charge is -2.13. The highest BCUT2D eigenvalue weighted by Crippen LogP contribution is 2.41. The molecule has 1 aliphatic rings. The Balaban J connectivity index is 2.32. The fraction of sp³-hybridized carbons (Fsp3) is 0.636. The molecule has 76 valence electrons. The first kappa shape index (κ1) is 9.59. The third kappa shape index (κ3) is 1.77. The second-order valence-electron chi connectivity index (χ2n) is 4.02. The summed E-state index contributed by atoms with van der Waals surface area (Å²) in [5, 5.41) is 18.2. The summed E-state index contributed by atoms with van der Waals surface area (Å²) in [6.07, 6.45) is 2.81. The van der Waals surface area contributed by atoms with Crippen LogP contribution in [-0.4, -0.2) is 15.3 Å². The average Bonchev–Trinajstić information content (AvgIpc) is 3.00. The Labute approximate surface area is 84.2 Å². The maximum Gasteiger partial charge on any atom is 0.0837 e. The van der Waals surface area contributed by atoms with Gasteiger partial charge in [-0.2, -0.15) is 10.2 Å². The van der Waals surface area contributed by atoms with Crippen molar-refractivity contribution in [3.8, 4) is 0 Å². The quantitative estimate of drug-likeness (QED) is 0.794. The number of nitrogens with zero attached hydrogens (tertiary/aromatic N) is 2.